The topological polar surface area (TPSA) is 80.9 Å². The molecule has 4 N–H and O–H groups in total. The van der Waals surface area contributed by atoms with E-state index in [1.165, 1.54) is 32.1 Å². The Bertz CT molecular complexity index is 775. The number of hydrogen-bond donors (Lipinski definition) is 4. The van der Waals surface area contributed by atoms with E-state index < -0.39 is 17.8 Å². The molecule has 0 aromatic rings. The zero-order valence-corrected chi connectivity index (χ0v) is 22.8. The summed E-state index contributed by atoms with van der Waals surface area (Å²) in [5, 5.41) is 40.7. The summed E-state index contributed by atoms with van der Waals surface area (Å²) in [6.45, 7) is 13.1. The van der Waals surface area contributed by atoms with Crippen molar-refractivity contribution in [1.29, 1.82) is 0 Å². The molecule has 3 saturated carbocycles. The molecule has 7 atom stereocenters. The molecule has 0 aliphatic heterocycles. The lowest BCUT2D eigenvalue weighted by molar-refractivity contribution is 0.0124. The minimum absolute atomic E-state index is 0.152. The highest BCUT2D eigenvalue weighted by Crippen LogP contribution is 2.60. The Morgan fingerprint density at radius 1 is 1.14 bits per heavy atom. The average Bonchev–Trinajstić information content (AvgIpc) is 3.14. The third-order valence-corrected chi connectivity index (χ3v) is 9.72. The molecule has 4 nitrogen and oxygen atoms in total. The van der Waals surface area contributed by atoms with Gasteiger partial charge in [0.15, 0.2) is 0 Å². The number of hydrogen-bond acceptors (Lipinski definition) is 4. The summed E-state index contributed by atoms with van der Waals surface area (Å²) < 4.78 is 0. The number of allylic oxidation sites excluding steroid dienone is 3. The van der Waals surface area contributed by atoms with Crippen molar-refractivity contribution in [2.24, 2.45) is 29.1 Å². The van der Waals surface area contributed by atoms with E-state index in [0.717, 1.165) is 42.7 Å². The molecule has 0 bridgehead atoms. The molecule has 0 amide bonds. The highest BCUT2D eigenvalue weighted by Gasteiger charge is 2.50. The average molecular weight is 489 g/mol. The van der Waals surface area contributed by atoms with Crippen molar-refractivity contribution < 1.29 is 20.4 Å². The smallest absolute Gasteiger partial charge is 0.0839 e. The molecule has 35 heavy (non-hydrogen) atoms. The number of aliphatic hydroxyl groups excluding tert-OH is 3. The van der Waals surface area contributed by atoms with Gasteiger partial charge in [-0.05, 0) is 106 Å². The van der Waals surface area contributed by atoms with Crippen LogP contribution < -0.4 is 0 Å². The minimum Gasteiger partial charge on any atom is -0.396 e. The van der Waals surface area contributed by atoms with Crippen molar-refractivity contribution >= 4 is 0 Å². The van der Waals surface area contributed by atoms with E-state index in [2.05, 4.69) is 32.6 Å². The van der Waals surface area contributed by atoms with Crippen LogP contribution in [0.3, 0.4) is 0 Å². The fourth-order valence-corrected chi connectivity index (χ4v) is 7.66. The summed E-state index contributed by atoms with van der Waals surface area (Å²) in [5.74, 6) is 1.84. The van der Waals surface area contributed by atoms with Gasteiger partial charge in [-0.25, -0.2) is 0 Å². The van der Waals surface area contributed by atoms with Crippen LogP contribution in [0.4, 0.5) is 0 Å². The molecule has 0 aromatic heterocycles. The van der Waals surface area contributed by atoms with Crippen LogP contribution >= 0.6 is 0 Å². The Balaban J connectivity index is 1.67. The van der Waals surface area contributed by atoms with Crippen LogP contribution in [0.2, 0.25) is 0 Å². The number of fused-ring (bicyclic) bond motifs is 1. The molecule has 0 saturated heterocycles. The van der Waals surface area contributed by atoms with E-state index in [0.29, 0.717) is 36.5 Å². The molecule has 0 aromatic carbocycles. The van der Waals surface area contributed by atoms with E-state index in [1.54, 1.807) is 5.57 Å². The first-order valence-corrected chi connectivity index (χ1v) is 14.3. The van der Waals surface area contributed by atoms with Crippen molar-refractivity contribution in [3.05, 3.63) is 35.5 Å². The number of rotatable bonds is 10. The zero-order chi connectivity index (χ0) is 25.8. The zero-order valence-electron chi connectivity index (χ0n) is 22.8. The fourth-order valence-electron chi connectivity index (χ4n) is 7.66. The van der Waals surface area contributed by atoms with Crippen LogP contribution in [-0.4, -0.2) is 44.8 Å². The Morgan fingerprint density at radius 3 is 2.57 bits per heavy atom. The van der Waals surface area contributed by atoms with Crippen LogP contribution in [0.5, 0.6) is 0 Å². The fraction of sp³-hybridized carbons (Fsp3) is 0.806. The van der Waals surface area contributed by atoms with E-state index in [4.69, 9.17) is 5.11 Å². The van der Waals surface area contributed by atoms with E-state index in [9.17, 15) is 15.3 Å². The molecular weight excluding hydrogens is 436 g/mol. The molecule has 0 heterocycles. The first kappa shape index (κ1) is 28.6. The van der Waals surface area contributed by atoms with Crippen molar-refractivity contribution in [1.82, 2.24) is 0 Å². The van der Waals surface area contributed by atoms with Crippen molar-refractivity contribution in [2.45, 2.75) is 123 Å². The summed E-state index contributed by atoms with van der Waals surface area (Å²) >= 11 is 0. The van der Waals surface area contributed by atoms with Crippen LogP contribution in [0.25, 0.3) is 0 Å². The highest BCUT2D eigenvalue weighted by atomic mass is 16.3. The Morgan fingerprint density at radius 2 is 1.89 bits per heavy atom. The lowest BCUT2D eigenvalue weighted by Gasteiger charge is -2.44. The van der Waals surface area contributed by atoms with Gasteiger partial charge >= 0.3 is 0 Å². The Labute approximate surface area is 214 Å². The Hall–Kier alpha value is -0.940. The van der Waals surface area contributed by atoms with Gasteiger partial charge in [0.25, 0.3) is 0 Å². The van der Waals surface area contributed by atoms with Crippen molar-refractivity contribution in [3.8, 4) is 0 Å². The second-order valence-electron chi connectivity index (χ2n) is 12.8. The summed E-state index contributed by atoms with van der Waals surface area (Å²) in [5.41, 5.74) is 3.05. The third kappa shape index (κ3) is 6.89. The van der Waals surface area contributed by atoms with Crippen LogP contribution in [0.1, 0.15) is 105 Å². The van der Waals surface area contributed by atoms with Crippen LogP contribution in [0.15, 0.2) is 35.5 Å². The highest BCUT2D eigenvalue weighted by molar-refractivity contribution is 5.39. The van der Waals surface area contributed by atoms with Crippen LogP contribution in [-0.2, 0) is 0 Å². The number of unbranched alkanes of at least 4 members (excludes halogenated alkanes) is 1. The molecule has 3 rings (SSSR count). The monoisotopic (exact) mass is 488 g/mol. The Kier molecular flexibility index (Phi) is 9.87. The maximum absolute atomic E-state index is 10.8. The standard InChI is InChI=1S/C31H52O4/c1-21(10-8-17-30(3,4)35)26-15-16-27-23(11-9-18-31(26,27)5)13-14-24-20-28(33)25(12-6-7-19-32)29(34)22(24)2/h13-14,21,25-29,32-35H,2,6-12,15-20H2,1,3-5H3/b23-13?,24-14-/t21-,25?,26-,27?,28-,29?,31-/m1/s1. The molecule has 0 radical (unpaired) electrons. The van der Waals surface area contributed by atoms with Gasteiger partial charge in [0.05, 0.1) is 17.8 Å². The molecule has 4 heteroatoms. The quantitative estimate of drug-likeness (QED) is 0.280. The molecule has 3 fully saturated rings. The summed E-state index contributed by atoms with van der Waals surface area (Å²) in [4.78, 5) is 0. The predicted octanol–water partition coefficient (Wildman–Crippen LogP) is 6.09. The van der Waals surface area contributed by atoms with Crippen LogP contribution in [0, 0.1) is 29.1 Å². The largest absolute Gasteiger partial charge is 0.396 e. The summed E-state index contributed by atoms with van der Waals surface area (Å²) in [6, 6.07) is 0. The predicted molar refractivity (Wildman–Crippen MR) is 144 cm³/mol. The first-order valence-electron chi connectivity index (χ1n) is 14.3. The van der Waals surface area contributed by atoms with Gasteiger partial charge in [-0.3, -0.25) is 0 Å². The van der Waals surface area contributed by atoms with E-state index in [-0.39, 0.29) is 12.5 Å². The van der Waals surface area contributed by atoms with Gasteiger partial charge in [-0.15, -0.1) is 0 Å². The van der Waals surface area contributed by atoms with Gasteiger partial charge in [0.2, 0.25) is 0 Å². The lowest BCUT2D eigenvalue weighted by atomic mass is 9.60. The number of aliphatic hydroxyl groups is 4. The maximum atomic E-state index is 10.8. The van der Waals surface area contributed by atoms with E-state index >= 15 is 0 Å². The molecule has 3 aliphatic carbocycles. The van der Waals surface area contributed by atoms with Gasteiger partial charge in [0.1, 0.15) is 0 Å². The van der Waals surface area contributed by atoms with Gasteiger partial charge in [-0.2, -0.15) is 0 Å². The first-order chi connectivity index (χ1) is 16.5. The molecule has 0 spiro atoms. The van der Waals surface area contributed by atoms with Gasteiger partial charge in [-0.1, -0.05) is 57.4 Å². The maximum Gasteiger partial charge on any atom is 0.0839 e. The third-order valence-electron chi connectivity index (χ3n) is 9.72. The molecule has 3 unspecified atom stereocenters. The SMILES string of the molecule is C=C1/C(=C\C=C2CCC[C@@]3(C)C2CC[C@@H]3[C@H](C)CCCC(C)(C)O)C[C@@H](O)C(CCCCO)C1O. The molecular formula is C31H52O4. The van der Waals surface area contributed by atoms with Crippen molar-refractivity contribution in [2.75, 3.05) is 6.61 Å². The second kappa shape index (κ2) is 12.1. The van der Waals surface area contributed by atoms with Gasteiger partial charge < -0.3 is 20.4 Å². The molecule has 200 valence electrons. The normalized spacial score (nSPS) is 37.1. The molecule has 3 aliphatic rings. The summed E-state index contributed by atoms with van der Waals surface area (Å²) in [7, 11) is 0. The minimum atomic E-state index is -0.709. The lowest BCUT2D eigenvalue weighted by Crippen LogP contribution is -2.38. The van der Waals surface area contributed by atoms with Crippen molar-refractivity contribution in [3.63, 3.8) is 0 Å². The van der Waals surface area contributed by atoms with E-state index in [1.807, 2.05) is 13.8 Å². The van der Waals surface area contributed by atoms with Gasteiger partial charge in [0, 0.05) is 12.5 Å². The summed E-state index contributed by atoms with van der Waals surface area (Å²) in [6.07, 6.45) is 15.3. The second-order valence-corrected chi connectivity index (χ2v) is 12.8.